The number of aromatic nitrogens is 1. The molecule has 0 unspecified atom stereocenters. The van der Waals surface area contributed by atoms with Gasteiger partial charge in [0, 0.05) is 29.4 Å². The second-order valence-corrected chi connectivity index (χ2v) is 11.4. The Morgan fingerprint density at radius 3 is 2.55 bits per heavy atom. The molecule has 0 fully saturated rings. The van der Waals surface area contributed by atoms with E-state index in [0.717, 1.165) is 54.5 Å². The lowest BCUT2D eigenvalue weighted by molar-refractivity contribution is 0.0951. The van der Waals surface area contributed by atoms with Crippen LogP contribution in [0.1, 0.15) is 88.6 Å². The minimum absolute atomic E-state index is 0.206. The third-order valence-corrected chi connectivity index (χ3v) is 8.32. The van der Waals surface area contributed by atoms with Crippen LogP contribution in [0.4, 0.5) is 5.00 Å². The number of halogens is 2. The quantitative estimate of drug-likeness (QED) is 0.216. The number of aryl methyl sites for hydroxylation is 1. The maximum atomic E-state index is 13.3. The summed E-state index contributed by atoms with van der Waals surface area (Å²) in [5.41, 5.74) is 2.78. The molecule has 2 N–H and O–H groups in total. The van der Waals surface area contributed by atoms with Gasteiger partial charge in [-0.05, 0) is 61.4 Å². The van der Waals surface area contributed by atoms with E-state index >= 15 is 0 Å². The lowest BCUT2D eigenvalue weighted by Crippen LogP contribution is -2.25. The van der Waals surface area contributed by atoms with Gasteiger partial charge in [0.2, 0.25) is 0 Å². The van der Waals surface area contributed by atoms with Gasteiger partial charge in [-0.3, -0.25) is 14.6 Å². The van der Waals surface area contributed by atoms with Crippen molar-refractivity contribution in [1.82, 2.24) is 10.3 Å². The molecule has 2 amide bonds. The number of anilines is 1. The summed E-state index contributed by atoms with van der Waals surface area (Å²) in [6, 6.07) is 6.86. The second kappa shape index (κ2) is 14.0. The molecule has 6 nitrogen and oxygen atoms in total. The summed E-state index contributed by atoms with van der Waals surface area (Å²) in [6.45, 7) is 3.06. The number of nitrogens with zero attached hydrogens (tertiary/aromatic N) is 1. The summed E-state index contributed by atoms with van der Waals surface area (Å²) >= 11 is 14.4. The third kappa shape index (κ3) is 7.28. The van der Waals surface area contributed by atoms with E-state index in [-0.39, 0.29) is 21.9 Å². The topological polar surface area (TPSA) is 80.3 Å². The van der Waals surface area contributed by atoms with Crippen molar-refractivity contribution in [2.24, 2.45) is 0 Å². The molecule has 0 bridgehead atoms. The Morgan fingerprint density at radius 1 is 1.05 bits per heavy atom. The smallest absolute Gasteiger partial charge is 0.256 e. The molecule has 38 heavy (non-hydrogen) atoms. The summed E-state index contributed by atoms with van der Waals surface area (Å²) in [4.78, 5) is 31.8. The first kappa shape index (κ1) is 28.4. The number of unbranched alkanes of at least 4 members (excludes halogenated alkanes) is 4. The van der Waals surface area contributed by atoms with Crippen molar-refractivity contribution in [2.45, 2.75) is 71.3 Å². The van der Waals surface area contributed by atoms with E-state index in [1.807, 2.05) is 12.1 Å². The predicted molar refractivity (Wildman–Crippen MR) is 155 cm³/mol. The normalized spacial score (nSPS) is 12.6. The van der Waals surface area contributed by atoms with Gasteiger partial charge >= 0.3 is 0 Å². The van der Waals surface area contributed by atoms with Crippen LogP contribution in [0.2, 0.25) is 10.0 Å². The number of carbonyl (C=O) groups is 2. The Labute approximate surface area is 238 Å². The monoisotopic (exact) mass is 573 g/mol. The van der Waals surface area contributed by atoms with Crippen molar-refractivity contribution >= 4 is 51.4 Å². The van der Waals surface area contributed by atoms with E-state index in [0.29, 0.717) is 35.0 Å². The van der Waals surface area contributed by atoms with Crippen molar-refractivity contribution in [3.63, 3.8) is 0 Å². The Bertz CT molecular complexity index is 1240. The van der Waals surface area contributed by atoms with Crippen LogP contribution in [0, 0.1) is 0 Å². The van der Waals surface area contributed by atoms with Crippen LogP contribution in [0.5, 0.6) is 5.75 Å². The standard InChI is InChI=1S/C29H33Cl2N3O3S/c1-2-3-4-5-8-14-37-26-22(30)15-20(16-23(26)31)27(35)34-29-25(21-11-6-7-12-24(21)38-29)28(36)33-18-19-10-9-13-32-17-19/h9-10,13,15-17H,2-8,11-12,14,18H2,1H3,(H,33,36)(H,34,35). The highest BCUT2D eigenvalue weighted by Gasteiger charge is 2.27. The van der Waals surface area contributed by atoms with Crippen molar-refractivity contribution in [3.05, 3.63) is 73.8 Å². The summed E-state index contributed by atoms with van der Waals surface area (Å²) in [6.07, 6.45) is 12.8. The highest BCUT2D eigenvalue weighted by molar-refractivity contribution is 7.17. The molecule has 4 rings (SSSR count). The minimum atomic E-state index is -0.375. The van der Waals surface area contributed by atoms with Crippen LogP contribution in [-0.2, 0) is 19.4 Å². The van der Waals surface area contributed by atoms with Crippen LogP contribution < -0.4 is 15.4 Å². The zero-order chi connectivity index (χ0) is 26.9. The van der Waals surface area contributed by atoms with E-state index in [2.05, 4.69) is 22.5 Å². The van der Waals surface area contributed by atoms with Gasteiger partial charge in [0.25, 0.3) is 11.8 Å². The molecule has 202 valence electrons. The van der Waals surface area contributed by atoms with Crippen LogP contribution in [0.25, 0.3) is 0 Å². The molecule has 2 aromatic heterocycles. The first-order valence-corrected chi connectivity index (χ1v) is 14.8. The Morgan fingerprint density at radius 2 is 1.82 bits per heavy atom. The van der Waals surface area contributed by atoms with Gasteiger partial charge in [-0.2, -0.15) is 0 Å². The molecule has 3 aromatic rings. The Kier molecular flexibility index (Phi) is 10.4. The average molecular weight is 575 g/mol. The number of fused-ring (bicyclic) bond motifs is 1. The fourth-order valence-electron chi connectivity index (χ4n) is 4.55. The number of hydrogen-bond acceptors (Lipinski definition) is 5. The molecule has 0 atom stereocenters. The Balaban J connectivity index is 1.47. The molecule has 0 saturated carbocycles. The lowest BCUT2D eigenvalue weighted by Gasteiger charge is -2.14. The molecule has 0 spiro atoms. The van der Waals surface area contributed by atoms with Gasteiger partial charge in [-0.15, -0.1) is 11.3 Å². The fraction of sp³-hybridized carbons (Fsp3) is 0.414. The summed E-state index contributed by atoms with van der Waals surface area (Å²) < 4.78 is 5.82. The highest BCUT2D eigenvalue weighted by Crippen LogP contribution is 2.39. The SMILES string of the molecule is CCCCCCCOc1c(Cl)cc(C(=O)Nc2sc3c(c2C(=O)NCc2cccnc2)CCCC3)cc1Cl. The molecule has 9 heteroatoms. The maximum absolute atomic E-state index is 13.3. The first-order chi connectivity index (χ1) is 18.5. The number of benzene rings is 1. The molecule has 2 heterocycles. The average Bonchev–Trinajstić information content (AvgIpc) is 3.28. The van der Waals surface area contributed by atoms with E-state index in [4.69, 9.17) is 27.9 Å². The number of pyridine rings is 1. The highest BCUT2D eigenvalue weighted by atomic mass is 35.5. The van der Waals surface area contributed by atoms with E-state index in [9.17, 15) is 9.59 Å². The molecular weight excluding hydrogens is 541 g/mol. The van der Waals surface area contributed by atoms with Crippen LogP contribution in [0.3, 0.4) is 0 Å². The zero-order valence-electron chi connectivity index (χ0n) is 21.6. The van der Waals surface area contributed by atoms with E-state index in [1.165, 1.54) is 30.6 Å². The molecule has 0 aliphatic heterocycles. The number of carbonyl (C=O) groups excluding carboxylic acids is 2. The van der Waals surface area contributed by atoms with Gasteiger partial charge in [-0.1, -0.05) is 61.9 Å². The van der Waals surface area contributed by atoms with Gasteiger partial charge in [0.05, 0.1) is 22.2 Å². The van der Waals surface area contributed by atoms with Crippen molar-refractivity contribution in [2.75, 3.05) is 11.9 Å². The number of rotatable bonds is 12. The largest absolute Gasteiger partial charge is 0.490 e. The maximum Gasteiger partial charge on any atom is 0.256 e. The number of ether oxygens (including phenoxy) is 1. The van der Waals surface area contributed by atoms with E-state index in [1.54, 1.807) is 24.5 Å². The van der Waals surface area contributed by atoms with E-state index < -0.39 is 0 Å². The molecular formula is C29H33Cl2N3O3S. The third-order valence-electron chi connectivity index (χ3n) is 6.56. The minimum Gasteiger partial charge on any atom is -0.490 e. The zero-order valence-corrected chi connectivity index (χ0v) is 23.9. The number of nitrogens with one attached hydrogen (secondary N) is 2. The van der Waals surface area contributed by atoms with Gasteiger partial charge in [0.1, 0.15) is 5.00 Å². The van der Waals surface area contributed by atoms with Crippen molar-refractivity contribution < 1.29 is 14.3 Å². The van der Waals surface area contributed by atoms with Gasteiger partial charge in [0.15, 0.2) is 5.75 Å². The van der Waals surface area contributed by atoms with Crippen LogP contribution in [0.15, 0.2) is 36.7 Å². The molecule has 1 aliphatic rings. The Hall–Kier alpha value is -2.61. The first-order valence-electron chi connectivity index (χ1n) is 13.2. The fourth-order valence-corrected chi connectivity index (χ4v) is 6.43. The number of amides is 2. The second-order valence-electron chi connectivity index (χ2n) is 9.44. The van der Waals surface area contributed by atoms with Gasteiger partial charge < -0.3 is 15.4 Å². The van der Waals surface area contributed by atoms with Crippen LogP contribution >= 0.6 is 34.5 Å². The summed E-state index contributed by atoms with van der Waals surface area (Å²) in [7, 11) is 0. The molecule has 0 saturated heterocycles. The summed E-state index contributed by atoms with van der Waals surface area (Å²) in [5.74, 6) is -0.190. The number of hydrogen-bond donors (Lipinski definition) is 2. The summed E-state index contributed by atoms with van der Waals surface area (Å²) in [5, 5.41) is 7.06. The molecule has 0 radical (unpaired) electrons. The predicted octanol–water partition coefficient (Wildman–Crippen LogP) is 7.86. The van der Waals surface area contributed by atoms with Crippen molar-refractivity contribution in [3.8, 4) is 5.75 Å². The lowest BCUT2D eigenvalue weighted by atomic mass is 9.95. The van der Waals surface area contributed by atoms with Gasteiger partial charge in [-0.25, -0.2) is 0 Å². The van der Waals surface area contributed by atoms with Crippen molar-refractivity contribution in [1.29, 1.82) is 0 Å². The molecule has 1 aromatic carbocycles. The van der Waals surface area contributed by atoms with Crippen LogP contribution in [-0.4, -0.2) is 23.4 Å². The number of thiophene rings is 1. The molecule has 1 aliphatic carbocycles.